The first kappa shape index (κ1) is 16.6. The topological polar surface area (TPSA) is 88.1 Å². The summed E-state index contributed by atoms with van der Waals surface area (Å²) in [4.78, 5) is 34.0. The van der Waals surface area contributed by atoms with E-state index in [4.69, 9.17) is 18.9 Å². The number of hydrogen-bond donors (Lipinski definition) is 0. The van der Waals surface area contributed by atoms with Crippen LogP contribution in [0.4, 0.5) is 0 Å². The number of carbonyl (C=O) groups is 3. The summed E-state index contributed by atoms with van der Waals surface area (Å²) >= 11 is 0. The van der Waals surface area contributed by atoms with E-state index in [2.05, 4.69) is 19.7 Å². The van der Waals surface area contributed by atoms with Crippen LogP contribution in [0.2, 0.25) is 0 Å². The molecule has 21 heavy (non-hydrogen) atoms. The highest BCUT2D eigenvalue weighted by atomic mass is 16.6. The normalized spacial score (nSPS) is 24.3. The summed E-state index contributed by atoms with van der Waals surface area (Å²) in [5.41, 5.74) is 0. The number of hydrogen-bond acceptors (Lipinski definition) is 7. The number of ether oxygens (including phenoxy) is 4. The fourth-order valence-corrected chi connectivity index (χ4v) is 1.66. The molecule has 0 aromatic rings. The van der Waals surface area contributed by atoms with E-state index in [-0.39, 0.29) is 13.2 Å². The molecule has 0 bridgehead atoms. The smallest absolute Gasteiger partial charge is 0.330 e. The van der Waals surface area contributed by atoms with Crippen LogP contribution in [0.5, 0.6) is 0 Å². The van der Waals surface area contributed by atoms with Crippen molar-refractivity contribution < 1.29 is 33.3 Å². The molecule has 1 aliphatic heterocycles. The van der Waals surface area contributed by atoms with E-state index in [9.17, 15) is 14.4 Å². The largest absolute Gasteiger partial charge is 0.453 e. The van der Waals surface area contributed by atoms with Crippen molar-refractivity contribution in [1.82, 2.24) is 0 Å². The van der Waals surface area contributed by atoms with Gasteiger partial charge in [-0.1, -0.05) is 19.7 Å². The van der Waals surface area contributed by atoms with Gasteiger partial charge in [-0.25, -0.2) is 14.4 Å². The maximum Gasteiger partial charge on any atom is 0.330 e. The molecule has 7 nitrogen and oxygen atoms in total. The van der Waals surface area contributed by atoms with Crippen LogP contribution in [-0.4, -0.2) is 49.4 Å². The molecule has 1 saturated heterocycles. The fraction of sp³-hybridized carbons (Fsp3) is 0.357. The molecule has 1 rings (SSSR count). The van der Waals surface area contributed by atoms with Crippen LogP contribution in [0.25, 0.3) is 0 Å². The molecule has 0 N–H and O–H groups in total. The Labute approximate surface area is 121 Å². The Kier molecular flexibility index (Phi) is 6.35. The average molecular weight is 296 g/mol. The van der Waals surface area contributed by atoms with Gasteiger partial charge in [-0.2, -0.15) is 0 Å². The lowest BCUT2D eigenvalue weighted by Crippen LogP contribution is -2.53. The zero-order valence-electron chi connectivity index (χ0n) is 11.4. The third-order valence-electron chi connectivity index (χ3n) is 2.58. The van der Waals surface area contributed by atoms with E-state index < -0.39 is 36.2 Å². The highest BCUT2D eigenvalue weighted by Crippen LogP contribution is 2.19. The first-order valence-corrected chi connectivity index (χ1v) is 6.08. The molecular formula is C14H16O7. The molecule has 0 radical (unpaired) electrons. The zero-order valence-corrected chi connectivity index (χ0v) is 11.4. The third-order valence-corrected chi connectivity index (χ3v) is 2.58. The molecule has 1 aliphatic rings. The van der Waals surface area contributed by atoms with Gasteiger partial charge in [-0.05, 0) is 0 Å². The highest BCUT2D eigenvalue weighted by molar-refractivity contribution is 5.83. The Hall–Kier alpha value is -2.41. The molecule has 7 heteroatoms. The van der Waals surface area contributed by atoms with E-state index in [0.717, 1.165) is 18.2 Å². The van der Waals surface area contributed by atoms with Crippen molar-refractivity contribution >= 4 is 17.9 Å². The number of rotatable bonds is 6. The maximum atomic E-state index is 11.4. The van der Waals surface area contributed by atoms with Gasteiger partial charge in [-0.3, -0.25) is 0 Å². The van der Waals surface area contributed by atoms with E-state index in [0.29, 0.717) is 0 Å². The molecule has 0 amide bonds. The lowest BCUT2D eigenvalue weighted by atomic mass is 10.1. The van der Waals surface area contributed by atoms with Crippen LogP contribution in [0.1, 0.15) is 0 Å². The summed E-state index contributed by atoms with van der Waals surface area (Å²) in [6.45, 7) is 9.81. The minimum Gasteiger partial charge on any atom is -0.453 e. The molecule has 2 unspecified atom stereocenters. The van der Waals surface area contributed by atoms with Gasteiger partial charge in [0.15, 0.2) is 18.3 Å². The predicted octanol–water partition coefficient (Wildman–Crippen LogP) is 0.310. The van der Waals surface area contributed by atoms with Crippen molar-refractivity contribution in [2.75, 3.05) is 13.2 Å². The fourth-order valence-electron chi connectivity index (χ4n) is 1.66. The first-order chi connectivity index (χ1) is 10.0. The van der Waals surface area contributed by atoms with Gasteiger partial charge in [0, 0.05) is 18.2 Å². The average Bonchev–Trinajstić information content (AvgIpc) is 2.49. The van der Waals surface area contributed by atoms with Gasteiger partial charge < -0.3 is 18.9 Å². The van der Waals surface area contributed by atoms with Crippen molar-refractivity contribution in [1.29, 1.82) is 0 Å². The summed E-state index contributed by atoms with van der Waals surface area (Å²) in [6, 6.07) is 0. The summed E-state index contributed by atoms with van der Waals surface area (Å²) in [5, 5.41) is 0. The highest BCUT2D eigenvalue weighted by Gasteiger charge is 2.41. The Morgan fingerprint density at radius 1 is 0.810 bits per heavy atom. The van der Waals surface area contributed by atoms with Gasteiger partial charge in [0.25, 0.3) is 0 Å². The Bertz CT molecular complexity index is 424. The van der Waals surface area contributed by atoms with Crippen LogP contribution >= 0.6 is 0 Å². The Morgan fingerprint density at radius 3 is 1.57 bits per heavy atom. The second kappa shape index (κ2) is 8.01. The van der Waals surface area contributed by atoms with Gasteiger partial charge in [-0.15, -0.1) is 0 Å². The predicted molar refractivity (Wildman–Crippen MR) is 71.1 cm³/mol. The second-order valence-electron chi connectivity index (χ2n) is 4.00. The Balaban J connectivity index is 2.88. The SMILES string of the molecule is C=CC(=O)OC1COC[C@@H](OC(=O)C=C)C1OC(=O)C=C. The third kappa shape index (κ3) is 4.88. The van der Waals surface area contributed by atoms with Crippen LogP contribution in [0.3, 0.4) is 0 Å². The molecule has 0 aliphatic carbocycles. The molecule has 1 fully saturated rings. The van der Waals surface area contributed by atoms with Gasteiger partial charge in [0.1, 0.15) is 0 Å². The van der Waals surface area contributed by atoms with E-state index >= 15 is 0 Å². The minimum absolute atomic E-state index is 0.00317. The molecule has 0 spiro atoms. The summed E-state index contributed by atoms with van der Waals surface area (Å²) < 4.78 is 20.4. The molecule has 0 aromatic carbocycles. The summed E-state index contributed by atoms with van der Waals surface area (Å²) in [5.74, 6) is -2.15. The molecule has 0 aromatic heterocycles. The Morgan fingerprint density at radius 2 is 1.19 bits per heavy atom. The van der Waals surface area contributed by atoms with Crippen molar-refractivity contribution in [2.24, 2.45) is 0 Å². The first-order valence-electron chi connectivity index (χ1n) is 6.08. The number of carbonyl (C=O) groups excluding carboxylic acids is 3. The lowest BCUT2D eigenvalue weighted by molar-refractivity contribution is -0.205. The van der Waals surface area contributed by atoms with Crippen molar-refractivity contribution in [3.63, 3.8) is 0 Å². The van der Waals surface area contributed by atoms with Gasteiger partial charge in [0.2, 0.25) is 0 Å². The maximum absolute atomic E-state index is 11.4. The van der Waals surface area contributed by atoms with Crippen LogP contribution < -0.4 is 0 Å². The summed E-state index contributed by atoms with van der Waals surface area (Å²) in [7, 11) is 0. The van der Waals surface area contributed by atoms with Gasteiger partial charge >= 0.3 is 17.9 Å². The molecule has 3 atom stereocenters. The van der Waals surface area contributed by atoms with E-state index in [1.54, 1.807) is 0 Å². The summed E-state index contributed by atoms with van der Waals surface area (Å²) in [6.07, 6.45) is 0.0368. The standard InChI is InChI=1S/C14H16O7/c1-4-11(15)19-9-7-18-8-10(20-12(16)5-2)14(9)21-13(17)6-3/h4-6,9-10,14H,1-3,7-8H2/t9-,10?,14?/m1/s1. The quantitative estimate of drug-likeness (QED) is 0.396. The molecular weight excluding hydrogens is 280 g/mol. The van der Waals surface area contributed by atoms with Crippen molar-refractivity contribution in [3.05, 3.63) is 38.0 Å². The number of esters is 3. The molecule has 1 heterocycles. The minimum atomic E-state index is -1.00. The van der Waals surface area contributed by atoms with Gasteiger partial charge in [0.05, 0.1) is 13.2 Å². The zero-order chi connectivity index (χ0) is 15.8. The van der Waals surface area contributed by atoms with E-state index in [1.165, 1.54) is 0 Å². The van der Waals surface area contributed by atoms with Crippen molar-refractivity contribution in [3.8, 4) is 0 Å². The van der Waals surface area contributed by atoms with Crippen LogP contribution in [-0.2, 0) is 33.3 Å². The van der Waals surface area contributed by atoms with Crippen molar-refractivity contribution in [2.45, 2.75) is 18.3 Å². The van der Waals surface area contributed by atoms with E-state index in [1.807, 2.05) is 0 Å². The monoisotopic (exact) mass is 296 g/mol. The van der Waals surface area contributed by atoms with Crippen LogP contribution in [0.15, 0.2) is 38.0 Å². The molecule has 114 valence electrons. The molecule has 0 saturated carbocycles. The second-order valence-corrected chi connectivity index (χ2v) is 4.00. The lowest BCUT2D eigenvalue weighted by Gasteiger charge is -2.35. The van der Waals surface area contributed by atoms with Crippen LogP contribution in [0, 0.1) is 0 Å².